The number of sulfonamides is 1. The average molecular weight is 322 g/mol. The van der Waals surface area contributed by atoms with Crippen molar-refractivity contribution in [3.05, 3.63) is 28.8 Å². The molecule has 1 rings (SSSR count). The van der Waals surface area contributed by atoms with Crippen LogP contribution in [0.3, 0.4) is 0 Å². The predicted octanol–water partition coefficient (Wildman–Crippen LogP) is 1.44. The standard InChI is InChI=1S/C12H16ClNO5S/c1-3-18-6-7-19-12(15)9-4-5-10(13)11(8-9)20(16,17)14-2/h4-5,8,14H,3,6-7H2,1-2H3. The van der Waals surface area contributed by atoms with Gasteiger partial charge in [0.1, 0.15) is 11.5 Å². The average Bonchev–Trinajstić information content (AvgIpc) is 2.43. The van der Waals surface area contributed by atoms with Crippen LogP contribution >= 0.6 is 11.6 Å². The van der Waals surface area contributed by atoms with Gasteiger partial charge in [0.2, 0.25) is 10.0 Å². The van der Waals surface area contributed by atoms with Gasteiger partial charge in [-0.3, -0.25) is 0 Å². The van der Waals surface area contributed by atoms with Crippen molar-refractivity contribution >= 4 is 27.6 Å². The van der Waals surface area contributed by atoms with E-state index in [2.05, 4.69) is 4.72 Å². The SMILES string of the molecule is CCOCCOC(=O)c1ccc(Cl)c(S(=O)(=O)NC)c1. The lowest BCUT2D eigenvalue weighted by Crippen LogP contribution is -2.20. The topological polar surface area (TPSA) is 81.7 Å². The molecular weight excluding hydrogens is 306 g/mol. The van der Waals surface area contributed by atoms with Crippen LogP contribution in [0.2, 0.25) is 5.02 Å². The Morgan fingerprint density at radius 3 is 2.65 bits per heavy atom. The van der Waals surface area contributed by atoms with Gasteiger partial charge < -0.3 is 9.47 Å². The van der Waals surface area contributed by atoms with Gasteiger partial charge in [-0.05, 0) is 32.2 Å². The number of carbonyl (C=O) groups excluding carboxylic acids is 1. The van der Waals surface area contributed by atoms with Crippen molar-refractivity contribution in [1.82, 2.24) is 4.72 Å². The molecule has 0 spiro atoms. The van der Waals surface area contributed by atoms with Crippen LogP contribution in [0.25, 0.3) is 0 Å². The Labute approximate surface area is 123 Å². The smallest absolute Gasteiger partial charge is 0.338 e. The highest BCUT2D eigenvalue weighted by Crippen LogP contribution is 2.22. The van der Waals surface area contributed by atoms with E-state index < -0.39 is 16.0 Å². The molecule has 0 aliphatic heterocycles. The number of ether oxygens (including phenoxy) is 2. The Kier molecular flexibility index (Phi) is 6.41. The van der Waals surface area contributed by atoms with Crippen LogP contribution < -0.4 is 4.72 Å². The van der Waals surface area contributed by atoms with Crippen LogP contribution in [-0.2, 0) is 19.5 Å². The maximum atomic E-state index is 11.8. The molecule has 0 heterocycles. The number of carbonyl (C=O) groups is 1. The molecule has 0 fully saturated rings. The first-order chi connectivity index (χ1) is 9.42. The third kappa shape index (κ3) is 4.45. The first-order valence-corrected chi connectivity index (χ1v) is 7.76. The number of nitrogens with one attached hydrogen (secondary N) is 1. The molecule has 0 bridgehead atoms. The molecule has 0 aromatic heterocycles. The lowest BCUT2D eigenvalue weighted by molar-refractivity contribution is 0.0335. The molecule has 0 aliphatic carbocycles. The Morgan fingerprint density at radius 2 is 2.05 bits per heavy atom. The summed E-state index contributed by atoms with van der Waals surface area (Å²) < 4.78 is 35.6. The number of esters is 1. The van der Waals surface area contributed by atoms with Crippen LogP contribution in [0.4, 0.5) is 0 Å². The number of benzene rings is 1. The maximum absolute atomic E-state index is 11.8. The van der Waals surface area contributed by atoms with E-state index in [4.69, 9.17) is 21.1 Å². The van der Waals surface area contributed by atoms with E-state index in [9.17, 15) is 13.2 Å². The number of halogens is 1. The van der Waals surface area contributed by atoms with Gasteiger partial charge in [-0.1, -0.05) is 11.6 Å². The molecule has 0 saturated heterocycles. The minimum atomic E-state index is -3.73. The van der Waals surface area contributed by atoms with Crippen molar-refractivity contribution < 1.29 is 22.7 Å². The van der Waals surface area contributed by atoms with E-state index in [0.29, 0.717) is 6.61 Å². The lowest BCUT2D eigenvalue weighted by Gasteiger charge is -2.08. The zero-order chi connectivity index (χ0) is 15.2. The summed E-state index contributed by atoms with van der Waals surface area (Å²) in [6.07, 6.45) is 0. The monoisotopic (exact) mass is 321 g/mol. The quantitative estimate of drug-likeness (QED) is 0.607. The molecule has 0 aliphatic rings. The normalized spacial score (nSPS) is 11.3. The third-order valence-corrected chi connectivity index (χ3v) is 4.29. The third-order valence-electron chi connectivity index (χ3n) is 2.39. The molecule has 6 nitrogen and oxygen atoms in total. The van der Waals surface area contributed by atoms with E-state index in [1.165, 1.54) is 25.2 Å². The van der Waals surface area contributed by atoms with Gasteiger partial charge in [-0.15, -0.1) is 0 Å². The largest absolute Gasteiger partial charge is 0.460 e. The molecule has 1 aromatic rings. The van der Waals surface area contributed by atoms with Gasteiger partial charge in [0.25, 0.3) is 0 Å². The molecule has 0 atom stereocenters. The molecule has 0 saturated carbocycles. The molecule has 0 unspecified atom stereocenters. The number of rotatable bonds is 7. The van der Waals surface area contributed by atoms with Gasteiger partial charge in [-0.25, -0.2) is 17.9 Å². The van der Waals surface area contributed by atoms with E-state index in [-0.39, 0.29) is 28.7 Å². The zero-order valence-corrected chi connectivity index (χ0v) is 12.8. The summed E-state index contributed by atoms with van der Waals surface area (Å²) in [5.74, 6) is -0.631. The van der Waals surface area contributed by atoms with Crippen LogP contribution in [-0.4, -0.2) is 41.3 Å². The molecule has 0 amide bonds. The molecular formula is C12H16ClNO5S. The number of hydrogen-bond donors (Lipinski definition) is 1. The minimum Gasteiger partial charge on any atom is -0.460 e. The Balaban J connectivity index is 2.87. The summed E-state index contributed by atoms with van der Waals surface area (Å²) in [7, 11) is -2.47. The van der Waals surface area contributed by atoms with Crippen LogP contribution in [0.1, 0.15) is 17.3 Å². The lowest BCUT2D eigenvalue weighted by atomic mass is 10.2. The summed E-state index contributed by atoms with van der Waals surface area (Å²) >= 11 is 5.82. The van der Waals surface area contributed by atoms with E-state index in [1.54, 1.807) is 0 Å². The van der Waals surface area contributed by atoms with Crippen LogP contribution in [0.15, 0.2) is 23.1 Å². The fourth-order valence-corrected chi connectivity index (χ4v) is 2.62. The Bertz CT molecular complexity index is 573. The van der Waals surface area contributed by atoms with Crippen molar-refractivity contribution in [2.45, 2.75) is 11.8 Å². The fraction of sp³-hybridized carbons (Fsp3) is 0.417. The minimum absolute atomic E-state index is 0.0326. The highest BCUT2D eigenvalue weighted by atomic mass is 35.5. The van der Waals surface area contributed by atoms with Gasteiger partial charge in [-0.2, -0.15) is 0 Å². The van der Waals surface area contributed by atoms with Crippen molar-refractivity contribution in [1.29, 1.82) is 0 Å². The highest BCUT2D eigenvalue weighted by molar-refractivity contribution is 7.89. The van der Waals surface area contributed by atoms with E-state index >= 15 is 0 Å². The van der Waals surface area contributed by atoms with Gasteiger partial charge in [0.05, 0.1) is 17.2 Å². The van der Waals surface area contributed by atoms with Gasteiger partial charge >= 0.3 is 5.97 Å². The fourth-order valence-electron chi connectivity index (χ4n) is 1.37. The summed E-state index contributed by atoms with van der Waals surface area (Å²) in [5.41, 5.74) is 0.111. The summed E-state index contributed by atoms with van der Waals surface area (Å²) in [4.78, 5) is 11.6. The van der Waals surface area contributed by atoms with E-state index in [1.807, 2.05) is 6.92 Å². The first kappa shape index (κ1) is 16.9. The van der Waals surface area contributed by atoms with Crippen molar-refractivity contribution in [2.24, 2.45) is 0 Å². The predicted molar refractivity (Wildman–Crippen MR) is 74.5 cm³/mol. The number of hydrogen-bond acceptors (Lipinski definition) is 5. The molecule has 112 valence electrons. The second-order valence-corrected chi connectivity index (χ2v) is 5.95. The van der Waals surface area contributed by atoms with Crippen molar-refractivity contribution in [3.8, 4) is 0 Å². The summed E-state index contributed by atoms with van der Waals surface area (Å²) in [6.45, 7) is 2.75. The molecule has 1 N–H and O–H groups in total. The highest BCUT2D eigenvalue weighted by Gasteiger charge is 2.19. The van der Waals surface area contributed by atoms with Crippen molar-refractivity contribution in [2.75, 3.05) is 26.9 Å². The zero-order valence-electron chi connectivity index (χ0n) is 11.2. The van der Waals surface area contributed by atoms with Gasteiger partial charge in [0, 0.05) is 6.61 Å². The second kappa shape index (κ2) is 7.58. The summed E-state index contributed by atoms with van der Waals surface area (Å²) in [6, 6.07) is 3.92. The molecule has 8 heteroatoms. The molecule has 1 aromatic carbocycles. The van der Waals surface area contributed by atoms with Gasteiger partial charge in [0.15, 0.2) is 0 Å². The Morgan fingerprint density at radius 1 is 1.35 bits per heavy atom. The maximum Gasteiger partial charge on any atom is 0.338 e. The molecule has 20 heavy (non-hydrogen) atoms. The van der Waals surface area contributed by atoms with E-state index in [0.717, 1.165) is 0 Å². The molecule has 0 radical (unpaired) electrons. The Hall–Kier alpha value is -1.15. The first-order valence-electron chi connectivity index (χ1n) is 5.90. The second-order valence-electron chi connectivity index (χ2n) is 3.69. The van der Waals surface area contributed by atoms with Crippen LogP contribution in [0.5, 0.6) is 0 Å². The van der Waals surface area contributed by atoms with Crippen LogP contribution in [0, 0.1) is 0 Å². The summed E-state index contributed by atoms with van der Waals surface area (Å²) in [5, 5.41) is 0.0326. The van der Waals surface area contributed by atoms with Crippen molar-refractivity contribution in [3.63, 3.8) is 0 Å².